The first-order chi connectivity index (χ1) is 8.95. The van der Waals surface area contributed by atoms with Gasteiger partial charge in [-0.3, -0.25) is 0 Å². The van der Waals surface area contributed by atoms with E-state index < -0.39 is 11.7 Å². The van der Waals surface area contributed by atoms with E-state index in [2.05, 4.69) is 0 Å². The van der Waals surface area contributed by atoms with Crippen LogP contribution >= 0.6 is 0 Å². The minimum atomic E-state index is -4.30. The second kappa shape index (κ2) is 3.98. The number of halogens is 3. The van der Waals surface area contributed by atoms with E-state index in [1.165, 1.54) is 6.07 Å². The summed E-state index contributed by atoms with van der Waals surface area (Å²) < 4.78 is 38.1. The van der Waals surface area contributed by atoms with E-state index in [4.69, 9.17) is 0 Å². The Kier molecular flexibility index (Phi) is 2.52. The van der Waals surface area contributed by atoms with Gasteiger partial charge in [-0.25, -0.2) is 0 Å². The Hall–Kier alpha value is -2.03. The molecule has 0 aliphatic carbocycles. The predicted molar refractivity (Wildman–Crippen MR) is 71.2 cm³/mol. The standard InChI is InChI=1S/C16H11F3/c1-10-2-3-11-4-5-12-9-13(16(17,18)19)6-7-14(12)15(11)8-10/h2-9H,1H3. The molecule has 0 atom stereocenters. The van der Waals surface area contributed by atoms with Gasteiger partial charge in [-0.15, -0.1) is 0 Å². The SMILES string of the molecule is Cc1ccc2ccc3cc(C(F)(F)F)ccc3c2c1. The van der Waals surface area contributed by atoms with Crippen molar-refractivity contribution in [2.24, 2.45) is 0 Å². The molecule has 0 saturated carbocycles. The summed E-state index contributed by atoms with van der Waals surface area (Å²) in [5.74, 6) is 0. The molecule has 0 aliphatic rings. The Morgan fingerprint density at radius 2 is 1.42 bits per heavy atom. The number of hydrogen-bond acceptors (Lipinski definition) is 0. The zero-order valence-corrected chi connectivity index (χ0v) is 10.3. The molecule has 0 aliphatic heterocycles. The van der Waals surface area contributed by atoms with Crippen molar-refractivity contribution < 1.29 is 13.2 Å². The van der Waals surface area contributed by atoms with Crippen LogP contribution in [0.5, 0.6) is 0 Å². The molecule has 0 spiro atoms. The van der Waals surface area contributed by atoms with E-state index in [1.807, 2.05) is 31.2 Å². The lowest BCUT2D eigenvalue weighted by Gasteiger charge is -2.09. The van der Waals surface area contributed by atoms with Crippen LogP contribution in [0.4, 0.5) is 13.2 Å². The second-order valence-corrected chi connectivity index (χ2v) is 4.72. The number of fused-ring (bicyclic) bond motifs is 3. The fourth-order valence-corrected chi connectivity index (χ4v) is 2.35. The van der Waals surface area contributed by atoms with Crippen molar-refractivity contribution in [1.29, 1.82) is 0 Å². The van der Waals surface area contributed by atoms with Crippen molar-refractivity contribution in [3.63, 3.8) is 0 Å². The van der Waals surface area contributed by atoms with Crippen LogP contribution in [0.3, 0.4) is 0 Å². The number of alkyl halides is 3. The normalized spacial score (nSPS) is 12.2. The molecule has 3 heteroatoms. The molecular formula is C16H11F3. The summed E-state index contributed by atoms with van der Waals surface area (Å²) >= 11 is 0. The summed E-state index contributed by atoms with van der Waals surface area (Å²) in [5, 5.41) is 3.51. The average Bonchev–Trinajstić information content (AvgIpc) is 2.36. The van der Waals surface area contributed by atoms with Crippen LogP contribution in [-0.2, 0) is 6.18 Å². The highest BCUT2D eigenvalue weighted by molar-refractivity contribution is 6.07. The lowest BCUT2D eigenvalue weighted by Crippen LogP contribution is -2.04. The van der Waals surface area contributed by atoms with Gasteiger partial charge in [0, 0.05) is 0 Å². The largest absolute Gasteiger partial charge is 0.416 e. The van der Waals surface area contributed by atoms with Crippen molar-refractivity contribution in [3.8, 4) is 0 Å². The van der Waals surface area contributed by atoms with Crippen LogP contribution in [0.25, 0.3) is 21.5 Å². The summed E-state index contributed by atoms with van der Waals surface area (Å²) in [6, 6.07) is 13.5. The smallest absolute Gasteiger partial charge is 0.166 e. The summed E-state index contributed by atoms with van der Waals surface area (Å²) in [6.45, 7) is 1.97. The number of hydrogen-bond donors (Lipinski definition) is 0. The summed E-state index contributed by atoms with van der Waals surface area (Å²) in [7, 11) is 0. The molecule has 0 aromatic heterocycles. The molecule has 0 nitrogen and oxygen atoms in total. The maximum Gasteiger partial charge on any atom is 0.416 e. The first kappa shape index (κ1) is 12.0. The molecule has 19 heavy (non-hydrogen) atoms. The zero-order chi connectivity index (χ0) is 13.6. The average molecular weight is 260 g/mol. The molecule has 0 unspecified atom stereocenters. The molecule has 0 radical (unpaired) electrons. The molecular weight excluding hydrogens is 249 g/mol. The minimum absolute atomic E-state index is 0.605. The number of aryl methyl sites for hydroxylation is 1. The van der Waals surface area contributed by atoms with Crippen LogP contribution in [0.2, 0.25) is 0 Å². The summed E-state index contributed by atoms with van der Waals surface area (Å²) in [5.41, 5.74) is 0.493. The highest BCUT2D eigenvalue weighted by atomic mass is 19.4. The fraction of sp³-hybridized carbons (Fsp3) is 0.125. The van der Waals surface area contributed by atoms with E-state index in [0.29, 0.717) is 5.39 Å². The number of benzene rings is 3. The highest BCUT2D eigenvalue weighted by Crippen LogP contribution is 2.33. The second-order valence-electron chi connectivity index (χ2n) is 4.72. The Balaban J connectivity index is 2.35. The molecule has 0 saturated heterocycles. The Bertz CT molecular complexity index is 770. The Labute approximate surface area is 108 Å². The maximum absolute atomic E-state index is 12.7. The van der Waals surface area contributed by atoms with E-state index in [1.54, 1.807) is 12.1 Å². The third-order valence-corrected chi connectivity index (χ3v) is 3.32. The van der Waals surface area contributed by atoms with Gasteiger partial charge in [-0.05, 0) is 40.6 Å². The molecule has 3 aromatic carbocycles. The third-order valence-electron chi connectivity index (χ3n) is 3.32. The van der Waals surface area contributed by atoms with E-state index >= 15 is 0 Å². The third kappa shape index (κ3) is 2.05. The van der Waals surface area contributed by atoms with E-state index in [0.717, 1.165) is 27.8 Å². The zero-order valence-electron chi connectivity index (χ0n) is 10.3. The molecule has 0 heterocycles. The van der Waals surface area contributed by atoms with Crippen LogP contribution in [-0.4, -0.2) is 0 Å². The minimum Gasteiger partial charge on any atom is -0.166 e. The van der Waals surface area contributed by atoms with Gasteiger partial charge >= 0.3 is 6.18 Å². The molecule has 3 rings (SSSR count). The lowest BCUT2D eigenvalue weighted by atomic mass is 9.99. The lowest BCUT2D eigenvalue weighted by molar-refractivity contribution is -0.137. The molecule has 3 aromatic rings. The Morgan fingerprint density at radius 1 is 0.737 bits per heavy atom. The van der Waals surface area contributed by atoms with Crippen molar-refractivity contribution >= 4 is 21.5 Å². The van der Waals surface area contributed by atoms with Gasteiger partial charge in [0.25, 0.3) is 0 Å². The van der Waals surface area contributed by atoms with Gasteiger partial charge in [-0.1, -0.05) is 42.0 Å². The van der Waals surface area contributed by atoms with Gasteiger partial charge in [-0.2, -0.15) is 13.2 Å². The van der Waals surface area contributed by atoms with Gasteiger partial charge in [0.2, 0.25) is 0 Å². The first-order valence-corrected chi connectivity index (χ1v) is 5.95. The molecule has 0 N–H and O–H groups in total. The van der Waals surface area contributed by atoms with Crippen molar-refractivity contribution in [1.82, 2.24) is 0 Å². The summed E-state index contributed by atoms with van der Waals surface area (Å²) in [6.07, 6.45) is -4.30. The van der Waals surface area contributed by atoms with Gasteiger partial charge in [0.15, 0.2) is 0 Å². The van der Waals surface area contributed by atoms with Gasteiger partial charge in [0.05, 0.1) is 5.56 Å². The maximum atomic E-state index is 12.7. The molecule has 0 fully saturated rings. The van der Waals surface area contributed by atoms with Crippen molar-refractivity contribution in [2.75, 3.05) is 0 Å². The monoisotopic (exact) mass is 260 g/mol. The summed E-state index contributed by atoms with van der Waals surface area (Å²) in [4.78, 5) is 0. The molecule has 96 valence electrons. The van der Waals surface area contributed by atoms with Crippen LogP contribution < -0.4 is 0 Å². The van der Waals surface area contributed by atoms with E-state index in [-0.39, 0.29) is 0 Å². The van der Waals surface area contributed by atoms with Crippen molar-refractivity contribution in [2.45, 2.75) is 13.1 Å². The molecule has 0 amide bonds. The fourth-order valence-electron chi connectivity index (χ4n) is 2.35. The quantitative estimate of drug-likeness (QED) is 0.480. The first-order valence-electron chi connectivity index (χ1n) is 5.95. The van der Waals surface area contributed by atoms with Crippen LogP contribution in [0.1, 0.15) is 11.1 Å². The molecule has 0 bridgehead atoms. The van der Waals surface area contributed by atoms with Gasteiger partial charge < -0.3 is 0 Å². The van der Waals surface area contributed by atoms with Crippen LogP contribution in [0, 0.1) is 6.92 Å². The highest BCUT2D eigenvalue weighted by Gasteiger charge is 2.30. The topological polar surface area (TPSA) is 0 Å². The predicted octanol–water partition coefficient (Wildman–Crippen LogP) is 5.32. The van der Waals surface area contributed by atoms with Crippen LogP contribution in [0.15, 0.2) is 48.5 Å². The van der Waals surface area contributed by atoms with E-state index in [9.17, 15) is 13.2 Å². The number of rotatable bonds is 0. The van der Waals surface area contributed by atoms with Gasteiger partial charge in [0.1, 0.15) is 0 Å². The Morgan fingerprint density at radius 3 is 2.16 bits per heavy atom. The van der Waals surface area contributed by atoms with Crippen molar-refractivity contribution in [3.05, 3.63) is 59.7 Å².